The Bertz CT molecular complexity index is 2420. The molecule has 6 heterocycles. The van der Waals surface area contributed by atoms with E-state index in [2.05, 4.69) is 19.9 Å². The third-order valence-corrected chi connectivity index (χ3v) is 12.3. The quantitative estimate of drug-likeness (QED) is 0.165. The molecule has 2 unspecified atom stereocenters. The Morgan fingerprint density at radius 3 is 2.55 bits per heavy atom. The number of anilines is 3. The van der Waals surface area contributed by atoms with E-state index in [0.717, 1.165) is 20.1 Å². The van der Waals surface area contributed by atoms with E-state index >= 15 is 23.8 Å². The van der Waals surface area contributed by atoms with E-state index in [1.807, 2.05) is 0 Å². The van der Waals surface area contributed by atoms with Gasteiger partial charge in [0.15, 0.2) is 16.5 Å². The smallest absolute Gasteiger partial charge is 0.318 e. The summed E-state index contributed by atoms with van der Waals surface area (Å²) in [6.45, 7) is 2.51. The minimum Gasteiger partial charge on any atom is -0.489 e. The minimum atomic E-state index is -10.9. The predicted octanol–water partition coefficient (Wildman–Crippen LogP) is 9.69. The van der Waals surface area contributed by atoms with Crippen molar-refractivity contribution in [3.63, 3.8) is 0 Å². The van der Waals surface area contributed by atoms with Gasteiger partial charge in [0.1, 0.15) is 46.8 Å². The van der Waals surface area contributed by atoms with Gasteiger partial charge in [-0.05, 0) is 50.4 Å². The van der Waals surface area contributed by atoms with Crippen LogP contribution in [0.4, 0.5) is 49.2 Å². The van der Waals surface area contributed by atoms with Crippen molar-refractivity contribution < 1.29 is 42.1 Å². The molecule has 0 bridgehead atoms. The van der Waals surface area contributed by atoms with Gasteiger partial charge in [-0.25, -0.2) is 18.2 Å². The molecule has 3 aromatic heterocycles. The van der Waals surface area contributed by atoms with Crippen LogP contribution < -0.4 is 25.8 Å². The molecule has 0 amide bonds. The Balaban J connectivity index is 0.000000449. The standard InChI is InChI=1S/C27H19ClF7N7O2S2.C7H12FN/c1-10(13-7-11(28)9-39-24(13)37)42-5-6-44-21-18-20(40-27(43-2)41-26(18)42)19(30)17(23(21)46(31,32,33,34)35)12-3-4-15(29)22-16(12)14(8-36)25(38)45-22;8-6-4-7-2-1-3-9(7)5-6/h3-4,7,9-10H,5-6,38H2,1-2H3,(H2,37,39);6-7H,1-5H2/t10-;/m1./s1. The van der Waals surface area contributed by atoms with Crippen LogP contribution in [0.5, 0.6) is 11.8 Å². The lowest BCUT2D eigenvalue weighted by Crippen LogP contribution is -2.31. The maximum atomic E-state index is 16.8. The van der Waals surface area contributed by atoms with Crippen molar-refractivity contribution in [2.75, 3.05) is 49.7 Å². The predicted molar refractivity (Wildman–Crippen MR) is 196 cm³/mol. The first-order chi connectivity index (χ1) is 25.7. The van der Waals surface area contributed by atoms with Gasteiger partial charge in [-0.3, -0.25) is 4.90 Å². The molecule has 2 aromatic carbocycles. The highest BCUT2D eigenvalue weighted by Crippen LogP contribution is 3.04. The van der Waals surface area contributed by atoms with E-state index < -0.39 is 101 Å². The van der Waals surface area contributed by atoms with Gasteiger partial charge in [-0.2, -0.15) is 15.2 Å². The van der Waals surface area contributed by atoms with Crippen LogP contribution in [0, 0.1) is 23.0 Å². The number of ether oxygens (including phenoxy) is 2. The van der Waals surface area contributed by atoms with Crippen molar-refractivity contribution in [3.05, 3.63) is 52.2 Å². The van der Waals surface area contributed by atoms with Crippen molar-refractivity contribution in [1.29, 1.82) is 5.26 Å². The number of fused-ring (bicyclic) bond motifs is 2. The molecule has 0 spiro atoms. The van der Waals surface area contributed by atoms with E-state index in [9.17, 15) is 14.0 Å². The fourth-order valence-electron chi connectivity index (χ4n) is 7.52. The number of hydrogen-bond acceptors (Lipinski definition) is 11. The number of nitrogen functional groups attached to an aromatic ring is 2. The van der Waals surface area contributed by atoms with Crippen molar-refractivity contribution in [2.24, 2.45) is 0 Å². The molecule has 3 aliphatic heterocycles. The highest BCUT2D eigenvalue weighted by atomic mass is 35.5. The maximum Gasteiger partial charge on any atom is 0.318 e. The summed E-state index contributed by atoms with van der Waals surface area (Å²) in [5.74, 6) is -4.82. The van der Waals surface area contributed by atoms with Crippen LogP contribution in [-0.4, -0.2) is 65.4 Å². The first kappa shape index (κ1) is 38.7. The zero-order valence-electron chi connectivity index (χ0n) is 28.9. The first-order valence-electron chi connectivity index (χ1n) is 16.7. The molecule has 10 nitrogen and oxygen atoms in total. The molecule has 5 aromatic rings. The molecule has 4 N–H and O–H groups in total. The molecule has 0 radical (unpaired) electrons. The van der Waals surface area contributed by atoms with Crippen molar-refractivity contribution in [2.45, 2.75) is 49.3 Å². The zero-order chi connectivity index (χ0) is 39.8. The van der Waals surface area contributed by atoms with Crippen LogP contribution in [0.2, 0.25) is 5.02 Å². The average molecular weight is 835 g/mol. The number of nitrogens with two attached hydrogens (primary N) is 2. The monoisotopic (exact) mass is 834 g/mol. The number of thiophene rings is 1. The van der Waals surface area contributed by atoms with Crippen molar-refractivity contribution >= 4 is 70.8 Å². The normalized spacial score (nSPS) is 20.1. The van der Waals surface area contributed by atoms with E-state index in [4.69, 9.17) is 32.5 Å². The Hall–Kier alpha value is -4.58. The molecule has 3 atom stereocenters. The fraction of sp³-hybridized carbons (Fsp3) is 0.353. The van der Waals surface area contributed by atoms with Crippen molar-refractivity contribution in [3.8, 4) is 29.0 Å². The van der Waals surface area contributed by atoms with Gasteiger partial charge in [-0.1, -0.05) is 37.1 Å². The number of rotatable bonds is 5. The van der Waals surface area contributed by atoms with Crippen LogP contribution >= 0.6 is 33.2 Å². The molecule has 2 fully saturated rings. The molecule has 294 valence electrons. The summed E-state index contributed by atoms with van der Waals surface area (Å²) >= 11 is 6.59. The number of aromatic nitrogens is 3. The first-order valence-corrected chi connectivity index (χ1v) is 19.8. The van der Waals surface area contributed by atoms with Gasteiger partial charge >= 0.3 is 16.2 Å². The third kappa shape index (κ3) is 6.84. The van der Waals surface area contributed by atoms with Gasteiger partial charge < -0.3 is 25.8 Å². The van der Waals surface area contributed by atoms with Crippen LogP contribution in [0.15, 0.2) is 29.3 Å². The van der Waals surface area contributed by atoms with Crippen molar-refractivity contribution in [1.82, 2.24) is 19.9 Å². The third-order valence-electron chi connectivity index (χ3n) is 9.87. The molecular weight excluding hydrogens is 804 g/mol. The van der Waals surface area contributed by atoms with Gasteiger partial charge in [0.25, 0.3) is 0 Å². The van der Waals surface area contributed by atoms with Gasteiger partial charge in [0.2, 0.25) is 0 Å². The van der Waals surface area contributed by atoms with E-state index in [1.165, 1.54) is 30.0 Å². The van der Waals surface area contributed by atoms with Crippen LogP contribution in [0.25, 0.3) is 32.1 Å². The number of alkyl halides is 1. The number of hydrogen-bond donors (Lipinski definition) is 2. The fourth-order valence-corrected chi connectivity index (χ4v) is 9.73. The Morgan fingerprint density at radius 2 is 1.87 bits per heavy atom. The Labute approximate surface area is 317 Å². The van der Waals surface area contributed by atoms with Crippen LogP contribution in [0.3, 0.4) is 0 Å². The number of pyridine rings is 1. The molecule has 55 heavy (non-hydrogen) atoms. The molecular formula is C34H31ClF8N8O2S2. The topological polar surface area (TPSA) is 139 Å². The second-order valence-corrected chi connectivity index (χ2v) is 17.1. The molecule has 8 rings (SSSR count). The molecule has 21 heteroatoms. The average Bonchev–Trinajstić information content (AvgIpc) is 3.76. The Morgan fingerprint density at radius 1 is 1.13 bits per heavy atom. The zero-order valence-corrected chi connectivity index (χ0v) is 31.3. The van der Waals surface area contributed by atoms with Gasteiger partial charge in [0, 0.05) is 35.3 Å². The summed E-state index contributed by atoms with van der Waals surface area (Å²) in [5, 5.41) is 8.13. The molecule has 2 saturated heterocycles. The molecule has 3 aliphatic rings. The summed E-state index contributed by atoms with van der Waals surface area (Å²) < 4.78 is 131. The highest BCUT2D eigenvalue weighted by Gasteiger charge is 2.69. The van der Waals surface area contributed by atoms with Gasteiger partial charge in [-0.15, -0.1) is 11.3 Å². The van der Waals surface area contributed by atoms with E-state index in [-0.39, 0.29) is 22.4 Å². The van der Waals surface area contributed by atoms with Crippen LogP contribution in [-0.2, 0) is 0 Å². The molecule has 0 aliphatic carbocycles. The molecule has 0 saturated carbocycles. The highest BCUT2D eigenvalue weighted by molar-refractivity contribution is 8.46. The van der Waals surface area contributed by atoms with E-state index in [0.29, 0.717) is 41.6 Å². The largest absolute Gasteiger partial charge is 0.489 e. The summed E-state index contributed by atoms with van der Waals surface area (Å²) in [6.07, 6.45) is 4.08. The lowest BCUT2D eigenvalue weighted by molar-refractivity contribution is 0.292. The lowest BCUT2D eigenvalue weighted by atomic mass is 9.96. The maximum absolute atomic E-state index is 16.8. The second-order valence-electron chi connectivity index (χ2n) is 13.3. The second kappa shape index (κ2) is 13.0. The lowest BCUT2D eigenvalue weighted by Gasteiger charge is -2.42. The summed E-state index contributed by atoms with van der Waals surface area (Å²) in [5.41, 5.74) is 8.16. The van der Waals surface area contributed by atoms with Gasteiger partial charge in [0.05, 0.1) is 40.4 Å². The SMILES string of the molecule is COc1nc2c3c(c(S(F)(F)(F)(F)F)c(-c4ccc(F)c5sc(N)c(C#N)c45)c(F)c3n1)OCCN2[C@H](C)c1cc(Cl)cnc1N.FC1CC2CCCN2C1. The van der Waals surface area contributed by atoms with E-state index in [1.54, 1.807) is 13.0 Å². The summed E-state index contributed by atoms with van der Waals surface area (Å²) in [4.78, 5) is 12.9. The number of halogens is 9. The minimum absolute atomic E-state index is 0.00237. The number of methoxy groups -OCH3 is 1. The van der Waals surface area contributed by atoms with Crippen LogP contribution in [0.1, 0.15) is 43.4 Å². The number of benzene rings is 2. The summed E-state index contributed by atoms with van der Waals surface area (Å²) in [7, 11) is -9.84. The number of nitriles is 1. The number of nitrogens with zero attached hydrogens (tertiary/aromatic N) is 6. The Kier molecular flexibility index (Phi) is 9.14. The summed E-state index contributed by atoms with van der Waals surface area (Å²) in [6, 6.07) is 3.60.